The Morgan fingerprint density at radius 1 is 1.50 bits per heavy atom. The van der Waals surface area contributed by atoms with E-state index in [4.69, 9.17) is 15.1 Å². The Morgan fingerprint density at radius 2 is 2.14 bits per heavy atom. The molecule has 0 radical (unpaired) electrons. The lowest BCUT2D eigenvalue weighted by Gasteiger charge is -2.23. The van der Waals surface area contributed by atoms with Crippen LogP contribution in [-0.2, 0) is 10.0 Å². The van der Waals surface area contributed by atoms with Crippen molar-refractivity contribution in [3.05, 3.63) is 23.8 Å². The molecule has 0 aliphatic carbocycles. The zero-order valence-electron chi connectivity index (χ0n) is 12.7. The van der Waals surface area contributed by atoms with E-state index in [1.54, 1.807) is 13.8 Å². The van der Waals surface area contributed by atoms with E-state index in [1.165, 1.54) is 30.2 Å². The molecule has 0 aliphatic heterocycles. The Labute approximate surface area is 130 Å². The second kappa shape index (κ2) is 7.24. The quantitative estimate of drug-likeness (QED) is 0.837. The van der Waals surface area contributed by atoms with Crippen LogP contribution < -0.4 is 9.88 Å². The number of primary sulfonamides is 1. The van der Waals surface area contributed by atoms with Gasteiger partial charge in [-0.1, -0.05) is 0 Å². The molecule has 8 heteroatoms. The fraction of sp³-hybridized carbons (Fsp3) is 0.429. The van der Waals surface area contributed by atoms with Gasteiger partial charge < -0.3 is 9.64 Å². The van der Waals surface area contributed by atoms with Gasteiger partial charge in [0.15, 0.2) is 0 Å². The van der Waals surface area contributed by atoms with Crippen LogP contribution in [0.1, 0.15) is 24.2 Å². The maximum Gasteiger partial charge on any atom is 0.257 e. The summed E-state index contributed by atoms with van der Waals surface area (Å²) < 4.78 is 28.0. The average Bonchev–Trinajstić information content (AvgIpc) is 2.49. The Balaban J connectivity index is 3.27. The monoisotopic (exact) mass is 325 g/mol. The van der Waals surface area contributed by atoms with Gasteiger partial charge in [-0.2, -0.15) is 5.26 Å². The van der Waals surface area contributed by atoms with Crippen molar-refractivity contribution in [1.82, 2.24) is 4.90 Å². The highest BCUT2D eigenvalue weighted by Crippen LogP contribution is 2.23. The molecule has 0 spiro atoms. The molecule has 120 valence electrons. The van der Waals surface area contributed by atoms with Crippen molar-refractivity contribution >= 4 is 15.9 Å². The number of rotatable bonds is 6. The van der Waals surface area contributed by atoms with Gasteiger partial charge in [-0.15, -0.1) is 0 Å². The Bertz CT molecular complexity index is 695. The second-order valence-electron chi connectivity index (χ2n) is 4.78. The van der Waals surface area contributed by atoms with Crippen molar-refractivity contribution in [2.45, 2.75) is 18.7 Å². The zero-order chi connectivity index (χ0) is 16.9. The number of nitrogens with two attached hydrogens (primary N) is 1. The first-order chi connectivity index (χ1) is 10.2. The highest BCUT2D eigenvalue weighted by Gasteiger charge is 2.22. The van der Waals surface area contributed by atoms with Crippen LogP contribution in [0, 0.1) is 17.2 Å². The number of carbonyl (C=O) groups is 1. The normalized spacial score (nSPS) is 12.3. The van der Waals surface area contributed by atoms with Crippen LogP contribution in [-0.4, -0.2) is 39.4 Å². The molecule has 1 atom stereocenters. The minimum absolute atomic E-state index is 0.0982. The van der Waals surface area contributed by atoms with Gasteiger partial charge in [0, 0.05) is 13.1 Å². The van der Waals surface area contributed by atoms with E-state index >= 15 is 0 Å². The van der Waals surface area contributed by atoms with Gasteiger partial charge >= 0.3 is 0 Å². The van der Waals surface area contributed by atoms with Crippen molar-refractivity contribution in [3.8, 4) is 11.8 Å². The summed E-state index contributed by atoms with van der Waals surface area (Å²) in [4.78, 5) is 13.9. The summed E-state index contributed by atoms with van der Waals surface area (Å²) in [6.07, 6.45) is 0. The maximum atomic E-state index is 12.6. The summed E-state index contributed by atoms with van der Waals surface area (Å²) >= 11 is 0. The van der Waals surface area contributed by atoms with E-state index in [-0.39, 0.29) is 28.7 Å². The molecule has 0 bridgehead atoms. The number of nitrogens with zero attached hydrogens (tertiary/aromatic N) is 2. The van der Waals surface area contributed by atoms with E-state index in [0.717, 1.165) is 0 Å². The number of nitriles is 1. The Morgan fingerprint density at radius 3 is 2.59 bits per heavy atom. The summed E-state index contributed by atoms with van der Waals surface area (Å²) in [7, 11) is -2.54. The predicted octanol–water partition coefficient (Wildman–Crippen LogP) is 0.964. The summed E-state index contributed by atoms with van der Waals surface area (Å²) in [5, 5.41) is 14.0. The number of sulfonamides is 1. The van der Waals surface area contributed by atoms with Gasteiger partial charge in [0.25, 0.3) is 5.91 Å². The Hall–Kier alpha value is -2.11. The molecule has 0 aromatic heterocycles. The molecular formula is C14H19N3O4S. The highest BCUT2D eigenvalue weighted by atomic mass is 32.2. The van der Waals surface area contributed by atoms with Gasteiger partial charge in [-0.3, -0.25) is 4.79 Å². The number of methoxy groups -OCH3 is 1. The first kappa shape index (κ1) is 17.9. The lowest BCUT2D eigenvalue weighted by molar-refractivity contribution is 0.0749. The molecule has 7 nitrogen and oxygen atoms in total. The van der Waals surface area contributed by atoms with E-state index in [2.05, 4.69) is 6.07 Å². The molecule has 0 saturated heterocycles. The fourth-order valence-electron chi connectivity index (χ4n) is 1.93. The fourth-order valence-corrected chi connectivity index (χ4v) is 2.47. The highest BCUT2D eigenvalue weighted by molar-refractivity contribution is 7.89. The zero-order valence-corrected chi connectivity index (χ0v) is 13.6. The average molecular weight is 325 g/mol. The summed E-state index contributed by atoms with van der Waals surface area (Å²) in [5.41, 5.74) is 0.0982. The molecule has 2 N–H and O–H groups in total. The minimum Gasteiger partial charge on any atom is -0.496 e. The minimum atomic E-state index is -3.92. The van der Waals surface area contributed by atoms with E-state index < -0.39 is 15.9 Å². The molecule has 0 fully saturated rings. The predicted molar refractivity (Wildman–Crippen MR) is 80.7 cm³/mol. The number of hydrogen-bond donors (Lipinski definition) is 1. The maximum absolute atomic E-state index is 12.6. The van der Waals surface area contributed by atoms with Gasteiger partial charge in [0.2, 0.25) is 10.0 Å². The Kier molecular flexibility index (Phi) is 5.91. The molecule has 1 unspecified atom stereocenters. The van der Waals surface area contributed by atoms with Crippen molar-refractivity contribution in [2.75, 3.05) is 20.2 Å². The van der Waals surface area contributed by atoms with Gasteiger partial charge in [0.05, 0.1) is 29.6 Å². The largest absolute Gasteiger partial charge is 0.496 e. The smallest absolute Gasteiger partial charge is 0.257 e. The molecule has 0 aliphatic rings. The standard InChI is InChI=1S/C14H19N3O4S/c1-4-17(9-10(2)8-15)14(18)12-7-11(22(16,19)20)5-6-13(12)21-3/h5-7,10H,4,9H2,1-3H3,(H2,16,19,20). The van der Waals surface area contributed by atoms with E-state index in [9.17, 15) is 13.2 Å². The second-order valence-corrected chi connectivity index (χ2v) is 6.34. The van der Waals surface area contributed by atoms with E-state index in [0.29, 0.717) is 6.54 Å². The third-order valence-corrected chi connectivity index (χ3v) is 4.02. The number of carbonyl (C=O) groups excluding carboxylic acids is 1. The van der Waals surface area contributed by atoms with Gasteiger partial charge in [0.1, 0.15) is 5.75 Å². The third kappa shape index (κ3) is 4.19. The van der Waals surface area contributed by atoms with Crippen LogP contribution in [0.5, 0.6) is 5.75 Å². The molecule has 0 heterocycles. The molecule has 1 rings (SSSR count). The summed E-state index contributed by atoms with van der Waals surface area (Å²) in [6, 6.07) is 5.91. The van der Waals surface area contributed by atoms with Crippen LogP contribution in [0.15, 0.2) is 23.1 Å². The van der Waals surface area contributed by atoms with Gasteiger partial charge in [-0.05, 0) is 32.0 Å². The van der Waals surface area contributed by atoms with Crippen LogP contribution in [0.4, 0.5) is 0 Å². The lowest BCUT2D eigenvalue weighted by Crippen LogP contribution is -2.34. The topological polar surface area (TPSA) is 113 Å². The van der Waals surface area contributed by atoms with Crippen molar-refractivity contribution < 1.29 is 17.9 Å². The van der Waals surface area contributed by atoms with Crippen molar-refractivity contribution in [3.63, 3.8) is 0 Å². The van der Waals surface area contributed by atoms with Crippen LogP contribution in [0.3, 0.4) is 0 Å². The number of ether oxygens (including phenoxy) is 1. The van der Waals surface area contributed by atoms with Crippen LogP contribution in [0.25, 0.3) is 0 Å². The molecule has 0 saturated carbocycles. The molecule has 1 aromatic carbocycles. The SMILES string of the molecule is CCN(CC(C)C#N)C(=O)c1cc(S(N)(=O)=O)ccc1OC. The van der Waals surface area contributed by atoms with Crippen LogP contribution >= 0.6 is 0 Å². The van der Waals surface area contributed by atoms with Crippen molar-refractivity contribution in [2.24, 2.45) is 11.1 Å². The number of hydrogen-bond acceptors (Lipinski definition) is 5. The lowest BCUT2D eigenvalue weighted by atomic mass is 10.1. The molecule has 1 amide bonds. The van der Waals surface area contributed by atoms with Gasteiger partial charge in [-0.25, -0.2) is 13.6 Å². The van der Waals surface area contributed by atoms with Crippen LogP contribution in [0.2, 0.25) is 0 Å². The molecular weight excluding hydrogens is 306 g/mol. The van der Waals surface area contributed by atoms with E-state index in [1.807, 2.05) is 0 Å². The third-order valence-electron chi connectivity index (χ3n) is 3.11. The molecule has 22 heavy (non-hydrogen) atoms. The first-order valence-electron chi connectivity index (χ1n) is 6.64. The van der Waals surface area contributed by atoms with Crippen molar-refractivity contribution in [1.29, 1.82) is 5.26 Å². The number of benzene rings is 1. The summed E-state index contributed by atoms with van der Waals surface area (Å²) in [6.45, 7) is 4.11. The first-order valence-corrected chi connectivity index (χ1v) is 8.19. The molecule has 1 aromatic rings. The number of amides is 1. The summed E-state index contributed by atoms with van der Waals surface area (Å²) in [5.74, 6) is -0.497.